The molecule has 0 spiro atoms. The van der Waals surface area contributed by atoms with Crippen molar-refractivity contribution in [3.8, 4) is 0 Å². The highest BCUT2D eigenvalue weighted by Gasteiger charge is 2.22. The van der Waals surface area contributed by atoms with E-state index in [-0.39, 0.29) is 11.9 Å². The van der Waals surface area contributed by atoms with Gasteiger partial charge in [0.1, 0.15) is 0 Å². The minimum atomic E-state index is -0.296. The second-order valence-electron chi connectivity index (χ2n) is 5.52. The van der Waals surface area contributed by atoms with Crippen molar-refractivity contribution in [1.29, 1.82) is 0 Å². The third-order valence-electron chi connectivity index (χ3n) is 4.04. The van der Waals surface area contributed by atoms with Gasteiger partial charge in [0.15, 0.2) is 0 Å². The number of hydrogen-bond donors (Lipinski definition) is 0. The van der Waals surface area contributed by atoms with Crippen LogP contribution >= 0.6 is 11.3 Å². The summed E-state index contributed by atoms with van der Waals surface area (Å²) < 4.78 is 4.99. The van der Waals surface area contributed by atoms with E-state index < -0.39 is 0 Å². The van der Waals surface area contributed by atoms with E-state index in [0.717, 1.165) is 23.7 Å². The zero-order chi connectivity index (χ0) is 16.9. The molecule has 3 rings (SSSR count). The number of hydrogen-bond acceptors (Lipinski definition) is 5. The van der Waals surface area contributed by atoms with E-state index >= 15 is 0 Å². The molecule has 1 fully saturated rings. The summed E-state index contributed by atoms with van der Waals surface area (Å²) in [6, 6.07) is 11.2. The monoisotopic (exact) mass is 344 g/mol. The molecular weight excluding hydrogens is 324 g/mol. The van der Waals surface area contributed by atoms with E-state index in [1.807, 2.05) is 34.5 Å². The van der Waals surface area contributed by atoms with Gasteiger partial charge >= 0.3 is 5.97 Å². The first kappa shape index (κ1) is 16.5. The maximum Gasteiger partial charge on any atom is 0.338 e. The number of nitrogens with zero attached hydrogens (tertiary/aromatic N) is 2. The van der Waals surface area contributed by atoms with Gasteiger partial charge in [-0.1, -0.05) is 6.07 Å². The number of carbonyl (C=O) groups is 2. The molecule has 0 atom stereocenters. The average molecular weight is 344 g/mol. The van der Waals surface area contributed by atoms with Gasteiger partial charge in [-0.3, -0.25) is 4.79 Å². The SMILES string of the molecule is CCOC(=O)c1ccc(N2CCN(C(=O)c3cccs3)CC2)cc1. The molecule has 0 unspecified atom stereocenters. The van der Waals surface area contributed by atoms with Gasteiger partial charge in [-0.05, 0) is 42.6 Å². The molecule has 2 heterocycles. The zero-order valence-electron chi connectivity index (χ0n) is 13.6. The molecule has 126 valence electrons. The predicted octanol–water partition coefficient (Wildman–Crippen LogP) is 2.89. The van der Waals surface area contributed by atoms with Gasteiger partial charge in [0, 0.05) is 31.9 Å². The van der Waals surface area contributed by atoms with E-state index in [2.05, 4.69) is 4.90 Å². The Kier molecular flexibility index (Phi) is 5.15. The summed E-state index contributed by atoms with van der Waals surface area (Å²) >= 11 is 1.48. The fourth-order valence-corrected chi connectivity index (χ4v) is 3.44. The molecule has 24 heavy (non-hydrogen) atoms. The van der Waals surface area contributed by atoms with Crippen LogP contribution in [0.15, 0.2) is 41.8 Å². The van der Waals surface area contributed by atoms with Crippen LogP contribution in [0.5, 0.6) is 0 Å². The molecule has 0 aliphatic carbocycles. The highest BCUT2D eigenvalue weighted by Crippen LogP contribution is 2.19. The van der Waals surface area contributed by atoms with Crippen LogP contribution in [-0.2, 0) is 4.74 Å². The molecule has 1 aromatic carbocycles. The van der Waals surface area contributed by atoms with Crippen LogP contribution in [0, 0.1) is 0 Å². The Hall–Kier alpha value is -2.34. The first-order valence-electron chi connectivity index (χ1n) is 8.04. The molecule has 1 amide bonds. The van der Waals surface area contributed by atoms with Crippen molar-refractivity contribution < 1.29 is 14.3 Å². The molecular formula is C18H20N2O3S. The number of ether oxygens (including phenoxy) is 1. The van der Waals surface area contributed by atoms with Crippen molar-refractivity contribution >= 4 is 28.9 Å². The maximum absolute atomic E-state index is 12.4. The lowest BCUT2D eigenvalue weighted by molar-refractivity contribution is 0.0526. The van der Waals surface area contributed by atoms with Crippen molar-refractivity contribution in [1.82, 2.24) is 4.90 Å². The minimum absolute atomic E-state index is 0.113. The number of amides is 1. The lowest BCUT2D eigenvalue weighted by atomic mass is 10.2. The molecule has 1 aliphatic rings. The molecule has 1 aromatic heterocycles. The maximum atomic E-state index is 12.4. The van der Waals surface area contributed by atoms with Crippen LogP contribution < -0.4 is 4.90 Å². The molecule has 5 nitrogen and oxygen atoms in total. The fraction of sp³-hybridized carbons (Fsp3) is 0.333. The summed E-state index contributed by atoms with van der Waals surface area (Å²) in [6.07, 6.45) is 0. The summed E-state index contributed by atoms with van der Waals surface area (Å²) in [4.78, 5) is 29.0. The standard InChI is InChI=1S/C18H20N2O3S/c1-2-23-18(22)14-5-7-15(8-6-14)19-9-11-20(12-10-19)17(21)16-4-3-13-24-16/h3-8,13H,2,9-12H2,1H3. The van der Waals surface area contributed by atoms with Gasteiger partial charge in [-0.15, -0.1) is 11.3 Å². The molecule has 1 saturated heterocycles. The van der Waals surface area contributed by atoms with Gasteiger partial charge < -0.3 is 14.5 Å². The molecule has 6 heteroatoms. The van der Waals surface area contributed by atoms with Crippen molar-refractivity contribution in [3.05, 3.63) is 52.2 Å². The van der Waals surface area contributed by atoms with Gasteiger partial charge in [0.25, 0.3) is 5.91 Å². The lowest BCUT2D eigenvalue weighted by Crippen LogP contribution is -2.48. The summed E-state index contributed by atoms with van der Waals surface area (Å²) in [5.74, 6) is -0.183. The lowest BCUT2D eigenvalue weighted by Gasteiger charge is -2.36. The van der Waals surface area contributed by atoms with Crippen LogP contribution in [0.25, 0.3) is 0 Å². The Bertz CT molecular complexity index is 690. The van der Waals surface area contributed by atoms with Crippen LogP contribution in [0.3, 0.4) is 0 Å². The Labute approximate surface area is 145 Å². The van der Waals surface area contributed by atoms with E-state index in [1.165, 1.54) is 11.3 Å². The Balaban J connectivity index is 1.58. The first-order chi connectivity index (χ1) is 11.7. The van der Waals surface area contributed by atoms with E-state index in [0.29, 0.717) is 25.3 Å². The van der Waals surface area contributed by atoms with Crippen LogP contribution in [0.1, 0.15) is 27.0 Å². The van der Waals surface area contributed by atoms with E-state index in [4.69, 9.17) is 4.74 Å². The molecule has 0 N–H and O–H groups in total. The van der Waals surface area contributed by atoms with Gasteiger partial charge in [-0.2, -0.15) is 0 Å². The highest BCUT2D eigenvalue weighted by molar-refractivity contribution is 7.12. The summed E-state index contributed by atoms with van der Waals surface area (Å²) in [6.45, 7) is 5.16. The highest BCUT2D eigenvalue weighted by atomic mass is 32.1. The Morgan fingerprint density at radius 3 is 2.38 bits per heavy atom. The molecule has 0 bridgehead atoms. The summed E-state index contributed by atoms with van der Waals surface area (Å²) in [5, 5.41) is 1.93. The minimum Gasteiger partial charge on any atom is -0.462 e. The van der Waals surface area contributed by atoms with Crippen molar-refractivity contribution in [3.63, 3.8) is 0 Å². The number of piperazine rings is 1. The molecule has 2 aromatic rings. The number of esters is 1. The molecule has 0 radical (unpaired) electrons. The average Bonchev–Trinajstić information content (AvgIpc) is 3.16. The number of benzene rings is 1. The second-order valence-corrected chi connectivity index (χ2v) is 6.47. The largest absolute Gasteiger partial charge is 0.462 e. The van der Waals surface area contributed by atoms with E-state index in [1.54, 1.807) is 19.1 Å². The van der Waals surface area contributed by atoms with Crippen molar-refractivity contribution in [2.75, 3.05) is 37.7 Å². The summed E-state index contributed by atoms with van der Waals surface area (Å²) in [7, 11) is 0. The van der Waals surface area contributed by atoms with Crippen LogP contribution in [0.4, 0.5) is 5.69 Å². The van der Waals surface area contributed by atoms with Crippen LogP contribution in [0.2, 0.25) is 0 Å². The third kappa shape index (κ3) is 3.59. The number of anilines is 1. The van der Waals surface area contributed by atoms with Crippen molar-refractivity contribution in [2.45, 2.75) is 6.92 Å². The van der Waals surface area contributed by atoms with Gasteiger partial charge in [-0.25, -0.2) is 4.79 Å². The molecule has 0 saturated carbocycles. The summed E-state index contributed by atoms with van der Waals surface area (Å²) in [5.41, 5.74) is 1.62. The van der Waals surface area contributed by atoms with E-state index in [9.17, 15) is 9.59 Å². The number of rotatable bonds is 4. The fourth-order valence-electron chi connectivity index (χ4n) is 2.75. The number of carbonyl (C=O) groups excluding carboxylic acids is 2. The van der Waals surface area contributed by atoms with Gasteiger partial charge in [0.2, 0.25) is 0 Å². The quantitative estimate of drug-likeness (QED) is 0.800. The topological polar surface area (TPSA) is 49.9 Å². The zero-order valence-corrected chi connectivity index (χ0v) is 14.4. The van der Waals surface area contributed by atoms with Crippen molar-refractivity contribution in [2.24, 2.45) is 0 Å². The smallest absolute Gasteiger partial charge is 0.338 e. The Morgan fingerprint density at radius 1 is 1.08 bits per heavy atom. The first-order valence-corrected chi connectivity index (χ1v) is 8.92. The van der Waals surface area contributed by atoms with Crippen LogP contribution in [-0.4, -0.2) is 49.6 Å². The third-order valence-corrected chi connectivity index (χ3v) is 4.90. The predicted molar refractivity (Wildman–Crippen MR) is 94.8 cm³/mol. The normalized spacial score (nSPS) is 14.5. The molecule has 1 aliphatic heterocycles. The number of thiophene rings is 1. The Morgan fingerprint density at radius 2 is 1.79 bits per heavy atom. The second kappa shape index (κ2) is 7.49. The van der Waals surface area contributed by atoms with Gasteiger partial charge in [0.05, 0.1) is 17.0 Å².